The lowest BCUT2D eigenvalue weighted by Gasteiger charge is -2.28. The van der Waals surface area contributed by atoms with Gasteiger partial charge in [-0.1, -0.05) is 19.1 Å². The molecule has 0 aromatic heterocycles. The van der Waals surface area contributed by atoms with Crippen LogP contribution in [0.4, 0.5) is 5.69 Å². The molecule has 0 aliphatic carbocycles. The molecule has 0 saturated carbocycles. The first-order chi connectivity index (χ1) is 12.1. The molecule has 1 aromatic carbocycles. The van der Waals surface area contributed by atoms with Crippen molar-refractivity contribution in [2.75, 3.05) is 38.3 Å². The molecule has 25 heavy (non-hydrogen) atoms. The van der Waals surface area contributed by atoms with Crippen LogP contribution in [-0.2, 0) is 23.9 Å². The molecular weight excluding hydrogens is 328 g/mol. The number of rotatable bonds is 8. The van der Waals surface area contributed by atoms with Gasteiger partial charge in [-0.2, -0.15) is 0 Å². The Balaban J connectivity index is 1.97. The van der Waals surface area contributed by atoms with Crippen molar-refractivity contribution >= 4 is 23.5 Å². The zero-order chi connectivity index (χ0) is 18.2. The Morgan fingerprint density at radius 1 is 1.36 bits per heavy atom. The number of methoxy groups -OCH3 is 1. The number of ether oxygens (including phenoxy) is 3. The van der Waals surface area contributed by atoms with Gasteiger partial charge in [0.1, 0.15) is 12.3 Å². The second-order valence-electron chi connectivity index (χ2n) is 5.41. The van der Waals surface area contributed by atoms with Crippen LogP contribution >= 0.6 is 0 Å². The molecule has 0 spiro atoms. The molecule has 2 rings (SSSR count). The predicted molar refractivity (Wildman–Crippen MR) is 89.3 cm³/mol. The molecule has 0 fully saturated rings. The first-order valence-electron chi connectivity index (χ1n) is 8.05. The van der Waals surface area contributed by atoms with E-state index in [1.165, 1.54) is 12.0 Å². The van der Waals surface area contributed by atoms with E-state index in [4.69, 9.17) is 14.2 Å². The maximum Gasteiger partial charge on any atom is 0.326 e. The zero-order valence-corrected chi connectivity index (χ0v) is 14.3. The number of carbonyl (C=O) groups is 3. The van der Waals surface area contributed by atoms with Gasteiger partial charge in [-0.3, -0.25) is 19.3 Å². The van der Waals surface area contributed by atoms with Gasteiger partial charge in [0.2, 0.25) is 0 Å². The molecule has 2 amide bonds. The van der Waals surface area contributed by atoms with E-state index in [0.717, 1.165) is 0 Å². The van der Waals surface area contributed by atoms with Gasteiger partial charge in [-0.15, -0.1) is 0 Å². The van der Waals surface area contributed by atoms with Gasteiger partial charge in [0.05, 0.1) is 12.3 Å². The van der Waals surface area contributed by atoms with Crippen LogP contribution in [0.1, 0.15) is 13.3 Å². The van der Waals surface area contributed by atoms with Gasteiger partial charge >= 0.3 is 5.97 Å². The molecule has 0 saturated heterocycles. The summed E-state index contributed by atoms with van der Waals surface area (Å²) in [6, 6.07) is 6.94. The zero-order valence-electron chi connectivity index (χ0n) is 14.3. The Morgan fingerprint density at radius 2 is 2.12 bits per heavy atom. The van der Waals surface area contributed by atoms with Crippen LogP contribution < -0.4 is 15.0 Å². The van der Waals surface area contributed by atoms with Crippen molar-refractivity contribution in [2.45, 2.75) is 19.4 Å². The van der Waals surface area contributed by atoms with Crippen molar-refractivity contribution in [1.29, 1.82) is 0 Å². The van der Waals surface area contributed by atoms with Gasteiger partial charge < -0.3 is 19.5 Å². The Labute approximate surface area is 146 Å². The molecule has 136 valence electrons. The van der Waals surface area contributed by atoms with Gasteiger partial charge in [-0.05, 0) is 18.6 Å². The number of nitrogens with one attached hydrogen (secondary N) is 1. The van der Waals surface area contributed by atoms with Gasteiger partial charge in [-0.25, -0.2) is 0 Å². The van der Waals surface area contributed by atoms with Crippen LogP contribution in [0.15, 0.2) is 24.3 Å². The van der Waals surface area contributed by atoms with Crippen molar-refractivity contribution in [3.8, 4) is 5.75 Å². The number of anilines is 1. The number of amides is 2. The van der Waals surface area contributed by atoms with Crippen LogP contribution in [-0.4, -0.2) is 57.3 Å². The Bertz CT molecular complexity index is 633. The quantitative estimate of drug-likeness (QED) is 0.542. The summed E-state index contributed by atoms with van der Waals surface area (Å²) in [5, 5.41) is 2.63. The minimum Gasteiger partial charge on any atom is -0.482 e. The van der Waals surface area contributed by atoms with E-state index in [-0.39, 0.29) is 25.0 Å². The second-order valence-corrected chi connectivity index (χ2v) is 5.41. The average Bonchev–Trinajstić information content (AvgIpc) is 2.62. The summed E-state index contributed by atoms with van der Waals surface area (Å²) < 4.78 is 15.4. The largest absolute Gasteiger partial charge is 0.482 e. The van der Waals surface area contributed by atoms with Crippen LogP contribution in [0.3, 0.4) is 0 Å². The number of para-hydroxylation sites is 2. The minimum absolute atomic E-state index is 0.140. The number of nitrogens with zero attached hydrogens (tertiary/aromatic N) is 1. The second kappa shape index (κ2) is 9.03. The number of hydrogen-bond donors (Lipinski definition) is 1. The third-order valence-corrected chi connectivity index (χ3v) is 3.64. The first kappa shape index (κ1) is 18.7. The monoisotopic (exact) mass is 350 g/mol. The fourth-order valence-electron chi connectivity index (χ4n) is 2.36. The van der Waals surface area contributed by atoms with E-state index < -0.39 is 12.1 Å². The van der Waals surface area contributed by atoms with Gasteiger partial charge in [0.15, 0.2) is 12.7 Å². The third kappa shape index (κ3) is 4.93. The maximum atomic E-state index is 12.2. The number of fused-ring (bicyclic) bond motifs is 1. The van der Waals surface area contributed by atoms with E-state index in [0.29, 0.717) is 31.0 Å². The van der Waals surface area contributed by atoms with Crippen LogP contribution in [0.2, 0.25) is 0 Å². The standard InChI is InChI=1S/C17H22N2O6/c1-3-13(17(22)18-8-9-23-2)25-16(21)10-19-12-6-4-5-7-14(12)24-11-15(19)20/h4-7,13H,3,8-11H2,1-2H3,(H,18,22). The van der Waals surface area contributed by atoms with Gasteiger partial charge in [0.25, 0.3) is 11.8 Å². The highest BCUT2D eigenvalue weighted by Gasteiger charge is 2.29. The fraction of sp³-hybridized carbons (Fsp3) is 0.471. The molecule has 8 nitrogen and oxygen atoms in total. The molecule has 1 unspecified atom stereocenters. The molecule has 1 aliphatic heterocycles. The molecule has 1 atom stereocenters. The van der Waals surface area contributed by atoms with Crippen LogP contribution in [0, 0.1) is 0 Å². The van der Waals surface area contributed by atoms with Crippen molar-refractivity contribution in [2.24, 2.45) is 0 Å². The van der Waals surface area contributed by atoms with Crippen molar-refractivity contribution in [3.05, 3.63) is 24.3 Å². The lowest BCUT2D eigenvalue weighted by molar-refractivity contribution is -0.155. The molecule has 1 aromatic rings. The summed E-state index contributed by atoms with van der Waals surface area (Å²) >= 11 is 0. The maximum absolute atomic E-state index is 12.2. The van der Waals surface area contributed by atoms with Crippen molar-refractivity contribution < 1.29 is 28.6 Å². The van der Waals surface area contributed by atoms with Crippen molar-refractivity contribution in [3.63, 3.8) is 0 Å². The van der Waals surface area contributed by atoms with Crippen molar-refractivity contribution in [1.82, 2.24) is 5.32 Å². The summed E-state index contributed by atoms with van der Waals surface area (Å²) in [4.78, 5) is 37.6. The van der Waals surface area contributed by atoms with Crippen LogP contribution in [0.25, 0.3) is 0 Å². The summed E-state index contributed by atoms with van der Waals surface area (Å²) in [5.74, 6) is -0.854. The van der Waals surface area contributed by atoms with Gasteiger partial charge in [0, 0.05) is 13.7 Å². The highest BCUT2D eigenvalue weighted by atomic mass is 16.5. The molecule has 8 heteroatoms. The topological polar surface area (TPSA) is 94.2 Å². The van der Waals surface area contributed by atoms with E-state index in [9.17, 15) is 14.4 Å². The van der Waals surface area contributed by atoms with Crippen LogP contribution in [0.5, 0.6) is 5.75 Å². The lowest BCUT2D eigenvalue weighted by Crippen LogP contribution is -2.45. The summed E-state index contributed by atoms with van der Waals surface area (Å²) in [6.07, 6.45) is -0.575. The molecule has 1 heterocycles. The minimum atomic E-state index is -0.907. The third-order valence-electron chi connectivity index (χ3n) is 3.64. The SMILES string of the molecule is CCC(OC(=O)CN1C(=O)COc2ccccc21)C(=O)NCCOC. The lowest BCUT2D eigenvalue weighted by atomic mass is 10.2. The summed E-state index contributed by atoms with van der Waals surface area (Å²) in [7, 11) is 1.53. The molecule has 1 aliphatic rings. The number of hydrogen-bond acceptors (Lipinski definition) is 6. The molecular formula is C17H22N2O6. The Kier molecular flexibility index (Phi) is 6.76. The van der Waals surface area contributed by atoms with E-state index in [1.807, 2.05) is 0 Å². The molecule has 0 radical (unpaired) electrons. The highest BCUT2D eigenvalue weighted by Crippen LogP contribution is 2.31. The van der Waals surface area contributed by atoms with E-state index in [2.05, 4.69) is 5.32 Å². The summed E-state index contributed by atoms with van der Waals surface area (Å²) in [5.41, 5.74) is 0.508. The van der Waals surface area contributed by atoms with E-state index >= 15 is 0 Å². The number of carbonyl (C=O) groups excluding carboxylic acids is 3. The summed E-state index contributed by atoms with van der Waals surface area (Å²) in [6.45, 7) is 2.02. The Hall–Kier alpha value is -2.61. The number of esters is 1. The fourth-order valence-corrected chi connectivity index (χ4v) is 2.36. The first-order valence-corrected chi connectivity index (χ1v) is 8.05. The Morgan fingerprint density at radius 3 is 2.84 bits per heavy atom. The normalized spacial score (nSPS) is 14.3. The smallest absolute Gasteiger partial charge is 0.326 e. The van der Waals surface area contributed by atoms with E-state index in [1.54, 1.807) is 31.2 Å². The molecule has 1 N–H and O–H groups in total. The predicted octanol–water partition coefficient (Wildman–Crippen LogP) is 0.496. The average molecular weight is 350 g/mol. The highest BCUT2D eigenvalue weighted by molar-refractivity contribution is 6.01. The number of benzene rings is 1. The molecule has 0 bridgehead atoms.